The number of carbonyl (C=O) groups is 1. The third-order valence-electron chi connectivity index (χ3n) is 4.23. The molecular weight excluding hydrogens is 236 g/mol. The molecule has 0 unspecified atom stereocenters. The summed E-state index contributed by atoms with van der Waals surface area (Å²) >= 11 is 0. The van der Waals surface area contributed by atoms with Crippen LogP contribution in [0.3, 0.4) is 0 Å². The Labute approximate surface area is 116 Å². The number of hydrogen-bond donors (Lipinski definition) is 2. The highest BCUT2D eigenvalue weighted by molar-refractivity contribution is 5.83. The summed E-state index contributed by atoms with van der Waals surface area (Å²) in [7, 11) is 0. The molecule has 106 valence electrons. The molecule has 0 aliphatic heterocycles. The minimum Gasteiger partial charge on any atom is -0.349 e. The smallest absolute Gasteiger partial charge is 0.227 e. The zero-order valence-corrected chi connectivity index (χ0v) is 12.5. The van der Waals surface area contributed by atoms with Crippen molar-refractivity contribution in [1.29, 1.82) is 0 Å². The van der Waals surface area contributed by atoms with Crippen LogP contribution in [0.4, 0.5) is 0 Å². The van der Waals surface area contributed by atoms with Gasteiger partial charge in [0.25, 0.3) is 0 Å². The topological polar surface area (TPSA) is 55.1 Å². The van der Waals surface area contributed by atoms with Crippen molar-refractivity contribution in [3.8, 4) is 0 Å². The largest absolute Gasteiger partial charge is 0.349 e. The van der Waals surface area contributed by atoms with Crippen LogP contribution in [0.1, 0.15) is 50.8 Å². The van der Waals surface area contributed by atoms with E-state index in [1.54, 1.807) is 0 Å². The van der Waals surface area contributed by atoms with E-state index < -0.39 is 5.41 Å². The Bertz CT molecular complexity index is 416. The molecule has 0 aliphatic carbocycles. The summed E-state index contributed by atoms with van der Waals surface area (Å²) in [5, 5.41) is 3.11. The molecule has 0 aromatic heterocycles. The molecular formula is C16H26N2O. The van der Waals surface area contributed by atoms with Crippen LogP contribution in [0.2, 0.25) is 0 Å². The Morgan fingerprint density at radius 1 is 1.32 bits per heavy atom. The maximum absolute atomic E-state index is 12.5. The van der Waals surface area contributed by atoms with Gasteiger partial charge in [0.05, 0.1) is 11.5 Å². The van der Waals surface area contributed by atoms with Crippen molar-refractivity contribution in [2.24, 2.45) is 11.1 Å². The third kappa shape index (κ3) is 3.35. The second kappa shape index (κ2) is 6.71. The maximum Gasteiger partial charge on any atom is 0.227 e. The van der Waals surface area contributed by atoms with Crippen molar-refractivity contribution in [1.82, 2.24) is 5.32 Å². The number of nitrogens with two attached hydrogens (primary N) is 1. The van der Waals surface area contributed by atoms with Gasteiger partial charge in [-0.15, -0.1) is 0 Å². The van der Waals surface area contributed by atoms with Gasteiger partial charge in [0, 0.05) is 6.54 Å². The summed E-state index contributed by atoms with van der Waals surface area (Å²) in [5.41, 5.74) is 7.74. The van der Waals surface area contributed by atoms with Crippen LogP contribution in [0.5, 0.6) is 0 Å². The van der Waals surface area contributed by atoms with E-state index in [-0.39, 0.29) is 11.9 Å². The molecule has 1 rings (SSSR count). The van der Waals surface area contributed by atoms with E-state index in [4.69, 9.17) is 5.73 Å². The van der Waals surface area contributed by atoms with E-state index in [0.717, 1.165) is 18.4 Å². The lowest BCUT2D eigenvalue weighted by atomic mass is 9.81. The molecule has 0 saturated carbocycles. The van der Waals surface area contributed by atoms with Crippen molar-refractivity contribution in [3.05, 3.63) is 35.4 Å². The number of nitrogens with one attached hydrogen (secondary N) is 1. The molecule has 0 aliphatic rings. The summed E-state index contributed by atoms with van der Waals surface area (Å²) in [6, 6.07) is 8.14. The van der Waals surface area contributed by atoms with Gasteiger partial charge >= 0.3 is 0 Å². The van der Waals surface area contributed by atoms with Crippen LogP contribution in [-0.2, 0) is 4.79 Å². The Balaban J connectivity index is 2.85. The fraction of sp³-hybridized carbons (Fsp3) is 0.562. The number of benzene rings is 1. The molecule has 1 atom stereocenters. The van der Waals surface area contributed by atoms with Crippen molar-refractivity contribution in [2.45, 2.75) is 46.6 Å². The predicted octanol–water partition coefficient (Wildman–Crippen LogP) is 2.94. The lowest BCUT2D eigenvalue weighted by molar-refractivity contribution is -0.131. The average molecular weight is 262 g/mol. The van der Waals surface area contributed by atoms with Crippen LogP contribution in [-0.4, -0.2) is 12.5 Å². The van der Waals surface area contributed by atoms with Crippen LogP contribution < -0.4 is 11.1 Å². The summed E-state index contributed by atoms with van der Waals surface area (Å²) < 4.78 is 0. The first-order valence-corrected chi connectivity index (χ1v) is 7.07. The first-order chi connectivity index (χ1) is 9.00. The molecule has 3 N–H and O–H groups in total. The molecule has 0 heterocycles. The normalized spacial score (nSPS) is 13.1. The van der Waals surface area contributed by atoms with E-state index in [1.807, 2.05) is 32.9 Å². The number of carbonyl (C=O) groups excluding carboxylic acids is 1. The molecule has 1 aromatic rings. The van der Waals surface area contributed by atoms with Gasteiger partial charge in [-0.3, -0.25) is 4.79 Å². The van der Waals surface area contributed by atoms with Crippen LogP contribution in [0.25, 0.3) is 0 Å². The van der Waals surface area contributed by atoms with Gasteiger partial charge in [0.2, 0.25) is 5.91 Å². The summed E-state index contributed by atoms with van der Waals surface area (Å²) in [4.78, 5) is 12.5. The zero-order chi connectivity index (χ0) is 14.5. The number of aryl methyl sites for hydroxylation is 1. The Morgan fingerprint density at radius 2 is 1.89 bits per heavy atom. The molecule has 19 heavy (non-hydrogen) atoms. The van der Waals surface area contributed by atoms with Crippen LogP contribution in [0.15, 0.2) is 24.3 Å². The van der Waals surface area contributed by atoms with E-state index in [2.05, 4.69) is 24.4 Å². The molecule has 0 spiro atoms. The summed E-state index contributed by atoms with van der Waals surface area (Å²) in [6.07, 6.45) is 1.54. The summed E-state index contributed by atoms with van der Waals surface area (Å²) in [6.45, 7) is 8.52. The lowest BCUT2D eigenvalue weighted by Crippen LogP contribution is -2.46. The van der Waals surface area contributed by atoms with Gasteiger partial charge in [0.15, 0.2) is 0 Å². The number of amides is 1. The Hall–Kier alpha value is -1.35. The fourth-order valence-electron chi connectivity index (χ4n) is 2.45. The van der Waals surface area contributed by atoms with Gasteiger partial charge in [-0.05, 0) is 37.8 Å². The van der Waals surface area contributed by atoms with E-state index >= 15 is 0 Å². The lowest BCUT2D eigenvalue weighted by Gasteiger charge is -2.30. The Kier molecular flexibility index (Phi) is 5.55. The maximum atomic E-state index is 12.5. The predicted molar refractivity (Wildman–Crippen MR) is 79.8 cm³/mol. The monoisotopic (exact) mass is 262 g/mol. The van der Waals surface area contributed by atoms with Crippen molar-refractivity contribution < 1.29 is 4.79 Å². The Morgan fingerprint density at radius 3 is 2.37 bits per heavy atom. The highest BCUT2D eigenvalue weighted by atomic mass is 16.2. The van der Waals surface area contributed by atoms with Crippen LogP contribution >= 0.6 is 0 Å². The number of rotatable bonds is 6. The minimum absolute atomic E-state index is 0.0118. The fourth-order valence-corrected chi connectivity index (χ4v) is 2.45. The molecule has 3 heteroatoms. The second-order valence-corrected chi connectivity index (χ2v) is 5.24. The molecule has 1 amide bonds. The second-order valence-electron chi connectivity index (χ2n) is 5.24. The molecule has 0 radical (unpaired) electrons. The van der Waals surface area contributed by atoms with Crippen LogP contribution in [0, 0.1) is 12.3 Å². The first-order valence-electron chi connectivity index (χ1n) is 7.07. The van der Waals surface area contributed by atoms with Gasteiger partial charge in [-0.1, -0.05) is 38.1 Å². The molecule has 3 nitrogen and oxygen atoms in total. The van der Waals surface area contributed by atoms with Gasteiger partial charge in [-0.2, -0.15) is 0 Å². The highest BCUT2D eigenvalue weighted by Crippen LogP contribution is 2.27. The van der Waals surface area contributed by atoms with Gasteiger partial charge in [-0.25, -0.2) is 0 Å². The summed E-state index contributed by atoms with van der Waals surface area (Å²) in [5.74, 6) is 0.0655. The van der Waals surface area contributed by atoms with Crippen molar-refractivity contribution in [2.75, 3.05) is 6.54 Å². The standard InChI is InChI=1S/C16H26N2O/c1-5-16(6-2,11-17)15(19)18-13(4)14-10-8-7-9-12(14)3/h7-10,13H,5-6,11,17H2,1-4H3,(H,18,19)/t13-/m1/s1. The highest BCUT2D eigenvalue weighted by Gasteiger charge is 2.34. The van der Waals surface area contributed by atoms with E-state index in [0.29, 0.717) is 6.54 Å². The third-order valence-corrected chi connectivity index (χ3v) is 4.23. The number of hydrogen-bond acceptors (Lipinski definition) is 2. The molecule has 1 aromatic carbocycles. The zero-order valence-electron chi connectivity index (χ0n) is 12.5. The first kappa shape index (κ1) is 15.7. The molecule has 0 bridgehead atoms. The molecule has 0 fully saturated rings. The van der Waals surface area contributed by atoms with E-state index in [9.17, 15) is 4.79 Å². The quantitative estimate of drug-likeness (QED) is 0.828. The van der Waals surface area contributed by atoms with Crippen molar-refractivity contribution in [3.63, 3.8) is 0 Å². The average Bonchev–Trinajstić information content (AvgIpc) is 2.41. The van der Waals surface area contributed by atoms with Crippen molar-refractivity contribution >= 4 is 5.91 Å². The molecule has 0 saturated heterocycles. The van der Waals surface area contributed by atoms with Gasteiger partial charge in [0.1, 0.15) is 0 Å². The SMILES string of the molecule is CCC(CC)(CN)C(=O)N[C@H](C)c1ccccc1C. The van der Waals surface area contributed by atoms with E-state index in [1.165, 1.54) is 5.56 Å². The minimum atomic E-state index is -0.434. The van der Waals surface area contributed by atoms with Gasteiger partial charge < -0.3 is 11.1 Å².